The lowest BCUT2D eigenvalue weighted by atomic mass is 9.97. The van der Waals surface area contributed by atoms with E-state index < -0.39 is 5.97 Å². The molecule has 0 aromatic carbocycles. The third kappa shape index (κ3) is 4.71. The van der Waals surface area contributed by atoms with Crippen LogP contribution in [0.15, 0.2) is 0 Å². The first kappa shape index (κ1) is 16.3. The smallest absolute Gasteiger partial charge is 0.319 e. The van der Waals surface area contributed by atoms with Gasteiger partial charge in [0.1, 0.15) is 0 Å². The number of hydrogen-bond acceptors (Lipinski definition) is 4. The lowest BCUT2D eigenvalue weighted by Crippen LogP contribution is -2.46. The van der Waals surface area contributed by atoms with E-state index in [1.807, 2.05) is 0 Å². The summed E-state index contributed by atoms with van der Waals surface area (Å²) in [5, 5.41) is 8.56. The summed E-state index contributed by atoms with van der Waals surface area (Å²) in [5.74, 6) is -1.20. The summed E-state index contributed by atoms with van der Waals surface area (Å²) in [4.78, 5) is 37.1. The van der Waals surface area contributed by atoms with Crippen molar-refractivity contribution < 1.29 is 24.2 Å². The fourth-order valence-electron chi connectivity index (χ4n) is 2.28. The first-order valence-electron chi connectivity index (χ1n) is 6.75. The summed E-state index contributed by atoms with van der Waals surface area (Å²) >= 11 is 0. The molecule has 0 aromatic rings. The Kier molecular flexibility index (Phi) is 6.27. The van der Waals surface area contributed by atoms with Crippen molar-refractivity contribution in [2.75, 3.05) is 33.8 Å². The van der Waals surface area contributed by atoms with Crippen molar-refractivity contribution >= 4 is 18.0 Å². The maximum atomic E-state index is 12.1. The van der Waals surface area contributed by atoms with Crippen molar-refractivity contribution in [3.63, 3.8) is 0 Å². The zero-order chi connectivity index (χ0) is 15.1. The molecule has 0 aliphatic carbocycles. The van der Waals surface area contributed by atoms with Gasteiger partial charge in [0.25, 0.3) is 0 Å². The minimum atomic E-state index is -0.857. The van der Waals surface area contributed by atoms with Crippen molar-refractivity contribution in [2.24, 2.45) is 5.92 Å². The number of ether oxygens (including phenoxy) is 1. The van der Waals surface area contributed by atoms with Crippen molar-refractivity contribution in [1.82, 2.24) is 9.80 Å². The molecule has 1 N–H and O–H groups in total. The topological polar surface area (TPSA) is 87.2 Å². The zero-order valence-electron chi connectivity index (χ0n) is 12.0. The number of carboxylic acids is 1. The van der Waals surface area contributed by atoms with E-state index >= 15 is 0 Å². The Hall–Kier alpha value is -1.79. The summed E-state index contributed by atoms with van der Waals surface area (Å²) < 4.78 is 4.70. The number of carboxylic acid groups (broad SMARTS) is 1. The Balaban J connectivity index is 2.34. The zero-order valence-corrected chi connectivity index (χ0v) is 12.0. The van der Waals surface area contributed by atoms with Gasteiger partial charge in [0.2, 0.25) is 0 Å². The number of methoxy groups -OCH3 is 1. The molecule has 0 unspecified atom stereocenters. The number of urea groups is 1. The number of aliphatic carboxylic acids is 1. The highest BCUT2D eigenvalue weighted by Gasteiger charge is 2.28. The predicted molar refractivity (Wildman–Crippen MR) is 71.2 cm³/mol. The number of likely N-dealkylation sites (tertiary alicyclic amines) is 1. The molecule has 1 heterocycles. The van der Waals surface area contributed by atoms with Crippen LogP contribution in [0.2, 0.25) is 0 Å². The van der Waals surface area contributed by atoms with E-state index in [4.69, 9.17) is 9.84 Å². The van der Waals surface area contributed by atoms with Gasteiger partial charge >= 0.3 is 18.0 Å². The molecule has 1 saturated heterocycles. The summed E-state index contributed by atoms with van der Waals surface area (Å²) in [6, 6.07) is -0.112. The molecule has 2 amide bonds. The molecule has 1 rings (SSSR count). The maximum absolute atomic E-state index is 12.1. The van der Waals surface area contributed by atoms with Gasteiger partial charge in [-0.2, -0.15) is 0 Å². The van der Waals surface area contributed by atoms with E-state index in [9.17, 15) is 14.4 Å². The number of rotatable bonds is 5. The number of carbonyl (C=O) groups is 3. The molecular formula is C13H22N2O5. The molecule has 0 spiro atoms. The van der Waals surface area contributed by atoms with E-state index in [1.165, 1.54) is 12.0 Å². The molecule has 1 aliphatic rings. The molecule has 7 nitrogen and oxygen atoms in total. The van der Waals surface area contributed by atoms with Gasteiger partial charge in [0, 0.05) is 33.1 Å². The van der Waals surface area contributed by atoms with E-state index in [-0.39, 0.29) is 24.3 Å². The van der Waals surface area contributed by atoms with Crippen LogP contribution < -0.4 is 0 Å². The molecule has 1 aliphatic heterocycles. The number of esters is 1. The number of hydrogen-bond donors (Lipinski definition) is 1. The van der Waals surface area contributed by atoms with Crippen LogP contribution in [0.1, 0.15) is 25.7 Å². The molecule has 114 valence electrons. The Morgan fingerprint density at radius 2 is 1.90 bits per heavy atom. The van der Waals surface area contributed by atoms with Crippen molar-refractivity contribution in [3.05, 3.63) is 0 Å². The summed E-state index contributed by atoms with van der Waals surface area (Å²) in [7, 11) is 3.03. The molecule has 20 heavy (non-hydrogen) atoms. The van der Waals surface area contributed by atoms with Crippen LogP contribution in [0.25, 0.3) is 0 Å². The van der Waals surface area contributed by atoms with Crippen LogP contribution in [0.5, 0.6) is 0 Å². The molecule has 0 bridgehead atoms. The van der Waals surface area contributed by atoms with Crippen LogP contribution in [0.4, 0.5) is 4.79 Å². The Bertz CT molecular complexity index is 364. The summed E-state index contributed by atoms with van der Waals surface area (Å²) in [6.45, 7) is 1.48. The van der Waals surface area contributed by atoms with Crippen molar-refractivity contribution in [3.8, 4) is 0 Å². The molecule has 7 heteroatoms. The minimum Gasteiger partial charge on any atom is -0.481 e. The monoisotopic (exact) mass is 286 g/mol. The van der Waals surface area contributed by atoms with Gasteiger partial charge in [-0.3, -0.25) is 9.59 Å². The van der Waals surface area contributed by atoms with Gasteiger partial charge in [0.15, 0.2) is 0 Å². The van der Waals surface area contributed by atoms with Crippen molar-refractivity contribution in [2.45, 2.75) is 25.7 Å². The third-order valence-corrected chi connectivity index (χ3v) is 3.51. The average molecular weight is 286 g/mol. The quantitative estimate of drug-likeness (QED) is 0.755. The van der Waals surface area contributed by atoms with E-state index in [2.05, 4.69) is 0 Å². The highest BCUT2D eigenvalue weighted by atomic mass is 16.5. The van der Waals surface area contributed by atoms with Gasteiger partial charge in [0.05, 0.1) is 13.0 Å². The molecule has 0 aromatic heterocycles. The molecule has 0 saturated carbocycles. The number of nitrogens with zero attached hydrogens (tertiary/aromatic N) is 2. The first-order valence-corrected chi connectivity index (χ1v) is 6.75. The van der Waals surface area contributed by atoms with Crippen LogP contribution in [0, 0.1) is 5.92 Å². The highest BCUT2D eigenvalue weighted by Crippen LogP contribution is 2.19. The normalized spacial score (nSPS) is 15.8. The van der Waals surface area contributed by atoms with Crippen LogP contribution >= 0.6 is 0 Å². The first-order chi connectivity index (χ1) is 9.45. The number of piperidine rings is 1. The second kappa shape index (κ2) is 7.72. The second-order valence-electron chi connectivity index (χ2n) is 4.99. The Morgan fingerprint density at radius 1 is 1.30 bits per heavy atom. The fraction of sp³-hybridized carbons (Fsp3) is 0.769. The number of amides is 2. The Labute approximate surface area is 118 Å². The van der Waals surface area contributed by atoms with Gasteiger partial charge in [-0.05, 0) is 19.3 Å². The van der Waals surface area contributed by atoms with E-state index in [1.54, 1.807) is 11.9 Å². The van der Waals surface area contributed by atoms with Gasteiger partial charge in [-0.1, -0.05) is 0 Å². The minimum absolute atomic E-state index is 0.0576. The number of carbonyl (C=O) groups excluding carboxylic acids is 2. The van der Waals surface area contributed by atoms with Gasteiger partial charge < -0.3 is 19.6 Å². The average Bonchev–Trinajstić information content (AvgIpc) is 2.45. The standard InChI is InChI=1S/C13H22N2O5/c1-14(7-3-4-11(16)17)13(19)15-8-5-10(6-9-15)12(18)20-2/h10H,3-9H2,1-2H3,(H,16,17). The SMILES string of the molecule is COC(=O)C1CCN(C(=O)N(C)CCCC(=O)O)CC1. The summed E-state index contributed by atoms with van der Waals surface area (Å²) in [5.41, 5.74) is 0. The largest absolute Gasteiger partial charge is 0.481 e. The van der Waals surface area contributed by atoms with Crippen LogP contribution in [-0.4, -0.2) is 66.7 Å². The fourth-order valence-corrected chi connectivity index (χ4v) is 2.28. The van der Waals surface area contributed by atoms with E-state index in [0.29, 0.717) is 38.9 Å². The Morgan fingerprint density at radius 3 is 2.40 bits per heavy atom. The lowest BCUT2D eigenvalue weighted by Gasteiger charge is -2.33. The molecule has 0 atom stereocenters. The third-order valence-electron chi connectivity index (χ3n) is 3.51. The molecular weight excluding hydrogens is 264 g/mol. The summed E-state index contributed by atoms with van der Waals surface area (Å²) in [6.07, 6.45) is 1.72. The van der Waals surface area contributed by atoms with Gasteiger partial charge in [-0.25, -0.2) is 4.79 Å². The highest BCUT2D eigenvalue weighted by molar-refractivity contribution is 5.76. The van der Waals surface area contributed by atoms with Crippen LogP contribution in [0.3, 0.4) is 0 Å². The van der Waals surface area contributed by atoms with Gasteiger partial charge in [-0.15, -0.1) is 0 Å². The van der Waals surface area contributed by atoms with Crippen LogP contribution in [-0.2, 0) is 14.3 Å². The molecule has 0 radical (unpaired) electrons. The maximum Gasteiger partial charge on any atom is 0.319 e. The predicted octanol–water partition coefficient (Wildman–Crippen LogP) is 0.788. The van der Waals surface area contributed by atoms with E-state index in [0.717, 1.165) is 0 Å². The second-order valence-corrected chi connectivity index (χ2v) is 4.99. The molecule has 1 fully saturated rings. The lowest BCUT2D eigenvalue weighted by molar-refractivity contribution is -0.146. The van der Waals surface area contributed by atoms with Crippen molar-refractivity contribution in [1.29, 1.82) is 0 Å².